The average molecular weight is 419 g/mol. The second-order valence-electron chi connectivity index (χ2n) is 8.24. The van der Waals surface area contributed by atoms with Crippen LogP contribution in [0.2, 0.25) is 0 Å². The first-order valence-electron chi connectivity index (χ1n) is 10.6. The maximum atomic E-state index is 11.7. The number of rotatable bonds is 2. The normalized spacial score (nSPS) is 19.0. The first-order valence-corrected chi connectivity index (χ1v) is 10.6. The van der Waals surface area contributed by atoms with E-state index >= 15 is 0 Å². The van der Waals surface area contributed by atoms with Crippen LogP contribution in [-0.2, 0) is 9.59 Å². The second kappa shape index (κ2) is 9.29. The largest absolute Gasteiger partial charge is 0.339 e. The van der Waals surface area contributed by atoms with Gasteiger partial charge in [0.05, 0.1) is 12.1 Å². The van der Waals surface area contributed by atoms with Crippen LogP contribution in [-0.4, -0.2) is 41.5 Å². The van der Waals surface area contributed by atoms with Crippen LogP contribution in [0.25, 0.3) is 5.57 Å². The highest BCUT2D eigenvalue weighted by Gasteiger charge is 2.32. The number of benzene rings is 2. The molecule has 2 aromatic rings. The van der Waals surface area contributed by atoms with Crippen molar-refractivity contribution in [1.29, 1.82) is 0 Å². The van der Waals surface area contributed by atoms with Gasteiger partial charge in [-0.25, -0.2) is 0 Å². The fourth-order valence-electron chi connectivity index (χ4n) is 4.33. The van der Waals surface area contributed by atoms with E-state index in [9.17, 15) is 14.4 Å². The van der Waals surface area contributed by atoms with Crippen molar-refractivity contribution in [1.82, 2.24) is 9.80 Å². The van der Waals surface area contributed by atoms with Gasteiger partial charge in [0, 0.05) is 39.9 Å². The Morgan fingerprint density at radius 1 is 0.839 bits per heavy atom. The van der Waals surface area contributed by atoms with Crippen LogP contribution in [0, 0.1) is 0 Å². The monoisotopic (exact) mass is 418 g/mol. The summed E-state index contributed by atoms with van der Waals surface area (Å²) < 4.78 is 0. The van der Waals surface area contributed by atoms with E-state index in [0.29, 0.717) is 6.42 Å². The van der Waals surface area contributed by atoms with Crippen LogP contribution in [0.3, 0.4) is 0 Å². The maximum Gasteiger partial charge on any atom is 0.219 e. The van der Waals surface area contributed by atoms with Gasteiger partial charge in [0.2, 0.25) is 11.8 Å². The number of fused-ring (bicyclic) bond motifs is 2. The molecule has 0 fully saturated rings. The fourth-order valence-corrected chi connectivity index (χ4v) is 4.33. The number of carbonyl (C=O) groups excluding carboxylic acids is 3. The molecule has 0 spiro atoms. The lowest BCUT2D eigenvalue weighted by Crippen LogP contribution is -2.31. The van der Waals surface area contributed by atoms with Crippen LogP contribution < -0.4 is 0 Å². The van der Waals surface area contributed by atoms with Gasteiger partial charge >= 0.3 is 0 Å². The minimum atomic E-state index is -0.0776. The Kier molecular flexibility index (Phi) is 6.74. The number of amides is 2. The highest BCUT2D eigenvalue weighted by Crippen LogP contribution is 2.38. The minimum absolute atomic E-state index is 0.00972. The molecule has 0 heterocycles. The maximum absolute atomic E-state index is 11.7. The van der Waals surface area contributed by atoms with Gasteiger partial charge in [-0.2, -0.15) is 0 Å². The minimum Gasteiger partial charge on any atom is -0.339 e. The molecule has 31 heavy (non-hydrogen) atoms. The van der Waals surface area contributed by atoms with E-state index in [1.807, 2.05) is 48.3 Å². The van der Waals surface area contributed by atoms with E-state index in [4.69, 9.17) is 0 Å². The summed E-state index contributed by atoms with van der Waals surface area (Å²) in [6, 6.07) is 15.9. The van der Waals surface area contributed by atoms with Crippen molar-refractivity contribution < 1.29 is 14.4 Å². The smallest absolute Gasteiger partial charge is 0.219 e. The summed E-state index contributed by atoms with van der Waals surface area (Å²) in [5.74, 6) is 0.237. The van der Waals surface area contributed by atoms with Crippen molar-refractivity contribution in [2.75, 3.05) is 14.1 Å². The molecule has 2 amide bonds. The number of carbonyl (C=O) groups is 3. The molecule has 5 heteroatoms. The summed E-state index contributed by atoms with van der Waals surface area (Å²) in [5, 5.41) is 0. The summed E-state index contributed by atoms with van der Waals surface area (Å²) in [6.07, 6.45) is 2.36. The van der Waals surface area contributed by atoms with E-state index in [-0.39, 0.29) is 29.7 Å². The molecule has 0 aromatic heterocycles. The standard InChI is InChI=1S/C14H17NO.C12H13NO2/c1-10-8-9-14(15(3)11(2)16)13-7-5-4-6-12(10)13;1-8(14)13(2)11-7-12(15)10-6-4-3-5-9(10)11/h4-7,14H,1,8-9H2,2-3H3;3-6,11H,7H2,1-2H3. The molecule has 0 bridgehead atoms. The molecule has 0 saturated carbocycles. The highest BCUT2D eigenvalue weighted by molar-refractivity contribution is 6.01. The lowest BCUT2D eigenvalue weighted by atomic mass is 9.84. The van der Waals surface area contributed by atoms with Crippen LogP contribution in [0.1, 0.15) is 72.2 Å². The third-order valence-corrected chi connectivity index (χ3v) is 6.35. The van der Waals surface area contributed by atoms with E-state index in [1.54, 1.807) is 18.9 Å². The molecule has 2 atom stereocenters. The van der Waals surface area contributed by atoms with Gasteiger partial charge in [0.15, 0.2) is 5.78 Å². The molecule has 2 aliphatic rings. The summed E-state index contributed by atoms with van der Waals surface area (Å²) in [6.45, 7) is 7.23. The van der Waals surface area contributed by atoms with E-state index in [1.165, 1.54) is 23.6 Å². The lowest BCUT2D eigenvalue weighted by Gasteiger charge is -2.33. The average Bonchev–Trinajstić information content (AvgIpc) is 3.10. The predicted octanol–water partition coefficient (Wildman–Crippen LogP) is 4.81. The van der Waals surface area contributed by atoms with Crippen LogP contribution in [0.15, 0.2) is 55.1 Å². The molecule has 0 radical (unpaired) electrons. The third kappa shape index (κ3) is 4.61. The van der Waals surface area contributed by atoms with E-state index in [2.05, 4.69) is 18.7 Å². The molecule has 4 rings (SSSR count). The first-order chi connectivity index (χ1) is 14.7. The zero-order valence-electron chi connectivity index (χ0n) is 18.7. The number of nitrogens with zero attached hydrogens (tertiary/aromatic N) is 2. The van der Waals surface area contributed by atoms with Gasteiger partial charge < -0.3 is 9.80 Å². The molecule has 0 N–H and O–H groups in total. The van der Waals surface area contributed by atoms with Crippen molar-refractivity contribution in [3.8, 4) is 0 Å². The molecule has 162 valence electrons. The predicted molar refractivity (Wildman–Crippen MR) is 122 cm³/mol. The van der Waals surface area contributed by atoms with Crippen molar-refractivity contribution in [2.45, 2.75) is 45.2 Å². The second-order valence-corrected chi connectivity index (χ2v) is 8.24. The van der Waals surface area contributed by atoms with Crippen molar-refractivity contribution >= 4 is 23.2 Å². The van der Waals surface area contributed by atoms with E-state index in [0.717, 1.165) is 24.0 Å². The molecule has 0 saturated heterocycles. The van der Waals surface area contributed by atoms with Crippen LogP contribution in [0.5, 0.6) is 0 Å². The first kappa shape index (κ1) is 22.5. The third-order valence-electron chi connectivity index (χ3n) is 6.35. The Balaban J connectivity index is 0.000000176. The molecule has 2 unspecified atom stereocenters. The quantitative estimate of drug-likeness (QED) is 0.704. The molecule has 5 nitrogen and oxygen atoms in total. The van der Waals surface area contributed by atoms with Crippen molar-refractivity contribution in [2.24, 2.45) is 0 Å². The Labute approximate surface area is 184 Å². The number of hydrogen-bond acceptors (Lipinski definition) is 3. The van der Waals surface area contributed by atoms with Crippen LogP contribution >= 0.6 is 0 Å². The molecular formula is C26H30N2O3. The number of ketones is 1. The Morgan fingerprint density at radius 3 is 1.90 bits per heavy atom. The van der Waals surface area contributed by atoms with Gasteiger partial charge in [0.1, 0.15) is 0 Å². The van der Waals surface area contributed by atoms with Gasteiger partial charge in [-0.1, -0.05) is 55.1 Å². The van der Waals surface area contributed by atoms with Crippen molar-refractivity contribution in [3.63, 3.8) is 0 Å². The fraction of sp³-hybridized carbons (Fsp3) is 0.346. The molecular weight excluding hydrogens is 388 g/mol. The Hall–Kier alpha value is -3.21. The number of hydrogen-bond donors (Lipinski definition) is 0. The zero-order chi connectivity index (χ0) is 22.7. The van der Waals surface area contributed by atoms with Gasteiger partial charge in [-0.15, -0.1) is 0 Å². The molecule has 2 aromatic carbocycles. The Bertz CT molecular complexity index is 1030. The summed E-state index contributed by atoms with van der Waals surface area (Å²) in [7, 11) is 3.61. The van der Waals surface area contributed by atoms with Gasteiger partial charge in [-0.05, 0) is 35.1 Å². The summed E-state index contributed by atoms with van der Waals surface area (Å²) in [5.41, 5.74) is 5.36. The van der Waals surface area contributed by atoms with Gasteiger partial charge in [0.25, 0.3) is 0 Å². The number of allylic oxidation sites excluding steroid dienone is 1. The SMILES string of the molecule is C=C1CCC(N(C)C(C)=O)c2ccccc21.CC(=O)N(C)C1CC(=O)c2ccccc21. The molecule has 2 aliphatic carbocycles. The van der Waals surface area contributed by atoms with Crippen LogP contribution in [0.4, 0.5) is 0 Å². The topological polar surface area (TPSA) is 57.7 Å². The lowest BCUT2D eigenvalue weighted by molar-refractivity contribution is -0.130. The summed E-state index contributed by atoms with van der Waals surface area (Å²) in [4.78, 5) is 37.8. The van der Waals surface area contributed by atoms with Crippen molar-refractivity contribution in [3.05, 3.63) is 77.4 Å². The Morgan fingerprint density at radius 2 is 1.32 bits per heavy atom. The molecule has 0 aliphatic heterocycles. The number of Topliss-reactive ketones (excluding diaryl/α,β-unsaturated/α-hetero) is 1. The van der Waals surface area contributed by atoms with E-state index < -0.39 is 0 Å². The summed E-state index contributed by atoms with van der Waals surface area (Å²) >= 11 is 0. The van der Waals surface area contributed by atoms with Gasteiger partial charge in [-0.3, -0.25) is 14.4 Å². The zero-order valence-corrected chi connectivity index (χ0v) is 18.7. The highest BCUT2D eigenvalue weighted by atomic mass is 16.2.